The molecule has 0 atom stereocenters. The number of ether oxygens (including phenoxy) is 2. The van der Waals surface area contributed by atoms with E-state index in [0.717, 1.165) is 0 Å². The summed E-state index contributed by atoms with van der Waals surface area (Å²) < 4.78 is 10.4. The van der Waals surface area contributed by atoms with Crippen LogP contribution in [0.5, 0.6) is 0 Å². The van der Waals surface area contributed by atoms with Gasteiger partial charge in [-0.15, -0.1) is 0 Å². The van der Waals surface area contributed by atoms with Gasteiger partial charge in [-0.3, -0.25) is 0 Å². The minimum absolute atomic E-state index is 0.141. The Labute approximate surface area is 92.2 Å². The van der Waals surface area contributed by atoms with E-state index in [1.165, 1.54) is 24.9 Å². The second kappa shape index (κ2) is 7.62. The topological polar surface area (TPSA) is 18.5 Å². The Morgan fingerprint density at radius 1 is 1.07 bits per heavy atom. The van der Waals surface area contributed by atoms with Crippen LogP contribution in [0.15, 0.2) is 0 Å². The maximum absolute atomic E-state index is 5.20. The molecular formula is C10H26O2Si2. The van der Waals surface area contributed by atoms with Crippen LogP contribution in [0.4, 0.5) is 0 Å². The number of hydrogen-bond acceptors (Lipinski definition) is 2. The molecule has 0 aliphatic rings. The molecule has 0 aliphatic heterocycles. The van der Waals surface area contributed by atoms with E-state index in [1.807, 2.05) is 0 Å². The third-order valence-electron chi connectivity index (χ3n) is 2.39. The van der Waals surface area contributed by atoms with Crippen molar-refractivity contribution in [3.05, 3.63) is 0 Å². The number of methoxy groups -OCH3 is 2. The third-order valence-corrected chi connectivity index (χ3v) is 6.29. The van der Waals surface area contributed by atoms with Crippen LogP contribution in [-0.4, -0.2) is 37.7 Å². The molecule has 0 spiro atoms. The van der Waals surface area contributed by atoms with Crippen molar-refractivity contribution >= 4 is 17.6 Å². The lowest BCUT2D eigenvalue weighted by Crippen LogP contribution is -2.21. The highest BCUT2D eigenvalue weighted by Crippen LogP contribution is 2.14. The fourth-order valence-corrected chi connectivity index (χ4v) is 4.23. The fraction of sp³-hybridized carbons (Fsp3) is 1.00. The molecule has 0 bridgehead atoms. The van der Waals surface area contributed by atoms with Crippen molar-refractivity contribution in [3.8, 4) is 0 Å². The summed E-state index contributed by atoms with van der Waals surface area (Å²) in [7, 11) is 2.51. The molecule has 0 aromatic heterocycles. The molecule has 0 aliphatic carbocycles. The normalized spacial score (nSPS) is 13.3. The molecular weight excluding hydrogens is 208 g/mol. The minimum Gasteiger partial charge on any atom is -0.360 e. The average molecular weight is 234 g/mol. The van der Waals surface area contributed by atoms with Gasteiger partial charge in [0.25, 0.3) is 0 Å². The van der Waals surface area contributed by atoms with E-state index >= 15 is 0 Å². The van der Waals surface area contributed by atoms with Gasteiger partial charge in [-0.05, 0) is 0 Å². The van der Waals surface area contributed by atoms with E-state index < -0.39 is 8.07 Å². The van der Waals surface area contributed by atoms with Gasteiger partial charge in [-0.1, -0.05) is 44.6 Å². The molecule has 2 nitrogen and oxygen atoms in total. The van der Waals surface area contributed by atoms with Gasteiger partial charge in [0.05, 0.1) is 9.52 Å². The number of hydrogen-bond donors (Lipinski definition) is 0. The van der Waals surface area contributed by atoms with Crippen LogP contribution in [0, 0.1) is 0 Å². The van der Waals surface area contributed by atoms with E-state index in [1.54, 1.807) is 14.2 Å². The standard InChI is InChI=1S/C10H26O2Si2/c1-11-10(12-2)13-8-6-7-9-14(3,4)5/h10H,6-9,13H2,1-5H3. The zero-order valence-electron chi connectivity index (χ0n) is 10.4. The second-order valence-corrected chi connectivity index (χ2v) is 12.6. The Hall–Kier alpha value is 0.354. The Balaban J connectivity index is 3.29. The molecule has 4 heteroatoms. The Bertz CT molecular complexity index is 131. The van der Waals surface area contributed by atoms with Crippen molar-refractivity contribution < 1.29 is 9.47 Å². The second-order valence-electron chi connectivity index (χ2n) is 5.06. The van der Waals surface area contributed by atoms with Crippen LogP contribution < -0.4 is 0 Å². The highest BCUT2D eigenvalue weighted by atomic mass is 28.3. The zero-order chi connectivity index (χ0) is 11.0. The third kappa shape index (κ3) is 8.93. The summed E-state index contributed by atoms with van der Waals surface area (Å²) >= 11 is 0. The number of rotatable bonds is 8. The molecule has 0 fully saturated rings. The first-order valence-corrected chi connectivity index (χ1v) is 11.1. The molecule has 0 N–H and O–H groups in total. The van der Waals surface area contributed by atoms with Crippen LogP contribution in [0.1, 0.15) is 12.8 Å². The van der Waals surface area contributed by atoms with Crippen molar-refractivity contribution in [2.45, 2.75) is 50.5 Å². The van der Waals surface area contributed by atoms with E-state index in [-0.39, 0.29) is 15.4 Å². The first kappa shape index (κ1) is 14.4. The van der Waals surface area contributed by atoms with E-state index in [9.17, 15) is 0 Å². The van der Waals surface area contributed by atoms with Gasteiger partial charge in [0.1, 0.15) is 5.91 Å². The van der Waals surface area contributed by atoms with Gasteiger partial charge in [0, 0.05) is 22.3 Å². The average Bonchev–Trinajstić information content (AvgIpc) is 2.09. The van der Waals surface area contributed by atoms with Crippen molar-refractivity contribution in [1.29, 1.82) is 0 Å². The van der Waals surface area contributed by atoms with E-state index in [0.29, 0.717) is 0 Å². The molecule has 0 aromatic carbocycles. The lowest BCUT2D eigenvalue weighted by Gasteiger charge is -2.16. The summed E-state index contributed by atoms with van der Waals surface area (Å²) in [6.07, 6.45) is 2.78. The Morgan fingerprint density at radius 3 is 2.07 bits per heavy atom. The molecule has 0 rings (SSSR count). The smallest absolute Gasteiger partial charge is 0.134 e. The predicted molar refractivity (Wildman–Crippen MR) is 68.5 cm³/mol. The van der Waals surface area contributed by atoms with Gasteiger partial charge in [0.2, 0.25) is 0 Å². The summed E-state index contributed by atoms with van der Waals surface area (Å²) in [6.45, 7) is 7.33. The summed E-state index contributed by atoms with van der Waals surface area (Å²) in [5.74, 6) is 0.141. The summed E-state index contributed by atoms with van der Waals surface area (Å²) in [5.41, 5.74) is 0. The maximum atomic E-state index is 5.20. The Kier molecular flexibility index (Phi) is 7.81. The van der Waals surface area contributed by atoms with Crippen LogP contribution >= 0.6 is 0 Å². The highest BCUT2D eigenvalue weighted by Gasteiger charge is 2.12. The summed E-state index contributed by atoms with van der Waals surface area (Å²) in [5, 5.41) is 0. The van der Waals surface area contributed by atoms with Gasteiger partial charge >= 0.3 is 0 Å². The zero-order valence-corrected chi connectivity index (χ0v) is 12.8. The predicted octanol–water partition coefficient (Wildman–Crippen LogP) is 2.27. The molecule has 14 heavy (non-hydrogen) atoms. The Morgan fingerprint density at radius 2 is 1.64 bits per heavy atom. The SMILES string of the molecule is COC(OC)[SiH2]CCCC[Si](C)(C)C. The summed E-state index contributed by atoms with van der Waals surface area (Å²) in [4.78, 5) is 0. The van der Waals surface area contributed by atoms with Crippen LogP contribution in [0.3, 0.4) is 0 Å². The van der Waals surface area contributed by atoms with Gasteiger partial charge in [-0.2, -0.15) is 0 Å². The quantitative estimate of drug-likeness (QED) is 0.364. The van der Waals surface area contributed by atoms with Crippen LogP contribution in [0.2, 0.25) is 31.7 Å². The van der Waals surface area contributed by atoms with Gasteiger partial charge < -0.3 is 9.47 Å². The minimum atomic E-state index is -0.798. The molecule has 0 aromatic rings. The van der Waals surface area contributed by atoms with Crippen LogP contribution in [0.25, 0.3) is 0 Å². The van der Waals surface area contributed by atoms with E-state index in [4.69, 9.17) is 9.47 Å². The van der Waals surface area contributed by atoms with Crippen molar-refractivity contribution in [2.24, 2.45) is 0 Å². The monoisotopic (exact) mass is 234 g/mol. The molecule has 0 amide bonds. The molecule has 0 unspecified atom stereocenters. The van der Waals surface area contributed by atoms with Crippen molar-refractivity contribution in [2.75, 3.05) is 14.2 Å². The van der Waals surface area contributed by atoms with Crippen molar-refractivity contribution in [1.82, 2.24) is 0 Å². The molecule has 0 saturated carbocycles. The molecule has 0 radical (unpaired) electrons. The largest absolute Gasteiger partial charge is 0.360 e. The lowest BCUT2D eigenvalue weighted by atomic mass is 10.4. The highest BCUT2D eigenvalue weighted by molar-refractivity contribution is 6.76. The maximum Gasteiger partial charge on any atom is 0.134 e. The lowest BCUT2D eigenvalue weighted by molar-refractivity contribution is -0.0441. The fourth-order valence-electron chi connectivity index (χ4n) is 1.48. The first-order valence-electron chi connectivity index (χ1n) is 5.55. The first-order chi connectivity index (χ1) is 6.49. The van der Waals surface area contributed by atoms with Gasteiger partial charge in [0.15, 0.2) is 0 Å². The molecule has 86 valence electrons. The van der Waals surface area contributed by atoms with E-state index in [2.05, 4.69) is 19.6 Å². The van der Waals surface area contributed by atoms with Crippen LogP contribution in [-0.2, 0) is 9.47 Å². The molecule has 0 heterocycles. The molecule has 0 saturated heterocycles. The van der Waals surface area contributed by atoms with Crippen molar-refractivity contribution in [3.63, 3.8) is 0 Å². The summed E-state index contributed by atoms with van der Waals surface area (Å²) in [6, 6.07) is 2.82. The number of unbranched alkanes of at least 4 members (excludes halogenated alkanes) is 1. The van der Waals surface area contributed by atoms with Gasteiger partial charge in [-0.25, -0.2) is 0 Å².